The van der Waals surface area contributed by atoms with Gasteiger partial charge in [0.25, 0.3) is 5.91 Å². The van der Waals surface area contributed by atoms with E-state index in [1.807, 2.05) is 13.8 Å². The van der Waals surface area contributed by atoms with Gasteiger partial charge in [-0.2, -0.15) is 5.10 Å². The van der Waals surface area contributed by atoms with Gasteiger partial charge in [0.2, 0.25) is 0 Å². The van der Waals surface area contributed by atoms with E-state index in [0.29, 0.717) is 12.2 Å². The SMILES string of the molecule is CCc1cc(C(=O)NC(C)C(N)=S)n(CC)n1. The number of thiocarbonyl (C=S) groups is 1. The number of aromatic nitrogens is 2. The van der Waals surface area contributed by atoms with Crippen molar-refractivity contribution >= 4 is 23.1 Å². The van der Waals surface area contributed by atoms with Crippen LogP contribution in [0, 0.1) is 0 Å². The van der Waals surface area contributed by atoms with Crippen LogP contribution in [0.25, 0.3) is 0 Å². The van der Waals surface area contributed by atoms with Crippen LogP contribution in [0.4, 0.5) is 0 Å². The Morgan fingerprint density at radius 3 is 2.76 bits per heavy atom. The van der Waals surface area contributed by atoms with Crippen molar-refractivity contribution in [3.05, 3.63) is 17.5 Å². The monoisotopic (exact) mass is 254 g/mol. The number of hydrogen-bond donors (Lipinski definition) is 2. The number of aryl methyl sites for hydroxylation is 2. The summed E-state index contributed by atoms with van der Waals surface area (Å²) in [6.07, 6.45) is 0.804. The molecule has 1 heterocycles. The summed E-state index contributed by atoms with van der Waals surface area (Å²) in [7, 11) is 0. The van der Waals surface area contributed by atoms with E-state index in [4.69, 9.17) is 18.0 Å². The molecule has 1 aromatic rings. The van der Waals surface area contributed by atoms with Crippen molar-refractivity contribution in [3.8, 4) is 0 Å². The molecule has 1 atom stereocenters. The first-order chi connectivity index (χ1) is 7.99. The van der Waals surface area contributed by atoms with Crippen LogP contribution in [0.2, 0.25) is 0 Å². The third kappa shape index (κ3) is 3.26. The molecule has 1 amide bonds. The van der Waals surface area contributed by atoms with Gasteiger partial charge in [0.15, 0.2) is 0 Å². The second-order valence-electron chi connectivity index (χ2n) is 3.79. The Kier molecular flexibility index (Phi) is 4.62. The normalized spacial score (nSPS) is 12.2. The van der Waals surface area contributed by atoms with Crippen molar-refractivity contribution < 1.29 is 4.79 Å². The van der Waals surface area contributed by atoms with Crippen molar-refractivity contribution in [2.45, 2.75) is 39.8 Å². The van der Waals surface area contributed by atoms with Gasteiger partial charge in [-0.3, -0.25) is 9.48 Å². The van der Waals surface area contributed by atoms with E-state index in [2.05, 4.69) is 10.4 Å². The molecule has 17 heavy (non-hydrogen) atoms. The van der Waals surface area contributed by atoms with E-state index < -0.39 is 0 Å². The van der Waals surface area contributed by atoms with Crippen LogP contribution in [0.5, 0.6) is 0 Å². The number of nitrogens with two attached hydrogens (primary N) is 1. The molecule has 1 aromatic heterocycles. The Balaban J connectivity index is 2.87. The van der Waals surface area contributed by atoms with Crippen molar-refractivity contribution in [2.75, 3.05) is 0 Å². The standard InChI is InChI=1S/C11H18N4OS/c1-4-8-6-9(15(5-2)14-8)11(16)13-7(3)10(12)17/h6-7H,4-5H2,1-3H3,(H2,12,17)(H,13,16). The van der Waals surface area contributed by atoms with Crippen molar-refractivity contribution in [2.24, 2.45) is 5.73 Å². The van der Waals surface area contributed by atoms with Crippen LogP contribution in [0.1, 0.15) is 37.0 Å². The van der Waals surface area contributed by atoms with Crippen LogP contribution < -0.4 is 11.1 Å². The smallest absolute Gasteiger partial charge is 0.270 e. The molecule has 0 aliphatic carbocycles. The lowest BCUT2D eigenvalue weighted by molar-refractivity contribution is 0.0938. The lowest BCUT2D eigenvalue weighted by atomic mass is 10.2. The molecule has 0 spiro atoms. The molecule has 1 unspecified atom stereocenters. The van der Waals surface area contributed by atoms with Gasteiger partial charge in [-0.15, -0.1) is 0 Å². The molecule has 0 saturated carbocycles. The molecule has 94 valence electrons. The van der Waals surface area contributed by atoms with Crippen molar-refractivity contribution in [3.63, 3.8) is 0 Å². The first-order valence-electron chi connectivity index (χ1n) is 5.66. The number of carbonyl (C=O) groups excluding carboxylic acids is 1. The third-order valence-corrected chi connectivity index (χ3v) is 2.85. The summed E-state index contributed by atoms with van der Waals surface area (Å²) in [6, 6.07) is 1.48. The Morgan fingerprint density at radius 2 is 2.29 bits per heavy atom. The first kappa shape index (κ1) is 13.6. The number of hydrogen-bond acceptors (Lipinski definition) is 3. The fraction of sp³-hybridized carbons (Fsp3) is 0.545. The van der Waals surface area contributed by atoms with Crippen LogP contribution in [0.3, 0.4) is 0 Å². The zero-order valence-corrected chi connectivity index (χ0v) is 11.2. The predicted octanol–water partition coefficient (Wildman–Crippen LogP) is 0.870. The van der Waals surface area contributed by atoms with Gasteiger partial charge in [0, 0.05) is 6.54 Å². The maximum atomic E-state index is 12.0. The number of amides is 1. The molecule has 5 nitrogen and oxygen atoms in total. The third-order valence-electron chi connectivity index (χ3n) is 2.50. The summed E-state index contributed by atoms with van der Waals surface area (Å²) >= 11 is 4.82. The van der Waals surface area contributed by atoms with Gasteiger partial charge in [0.05, 0.1) is 16.7 Å². The van der Waals surface area contributed by atoms with Gasteiger partial charge in [-0.1, -0.05) is 19.1 Å². The highest BCUT2D eigenvalue weighted by Crippen LogP contribution is 2.06. The van der Waals surface area contributed by atoms with E-state index in [-0.39, 0.29) is 16.9 Å². The lowest BCUT2D eigenvalue weighted by Gasteiger charge is -2.12. The summed E-state index contributed by atoms with van der Waals surface area (Å²) in [5.74, 6) is -0.195. The number of carbonyl (C=O) groups is 1. The highest BCUT2D eigenvalue weighted by Gasteiger charge is 2.16. The van der Waals surface area contributed by atoms with E-state index in [0.717, 1.165) is 12.1 Å². The molecule has 0 radical (unpaired) electrons. The minimum Gasteiger partial charge on any atom is -0.392 e. The molecule has 0 aromatic carbocycles. The van der Waals surface area contributed by atoms with Gasteiger partial charge in [0.1, 0.15) is 5.69 Å². The van der Waals surface area contributed by atoms with Gasteiger partial charge in [-0.25, -0.2) is 0 Å². The van der Waals surface area contributed by atoms with E-state index in [1.54, 1.807) is 17.7 Å². The summed E-state index contributed by atoms with van der Waals surface area (Å²) < 4.78 is 1.68. The fourth-order valence-electron chi connectivity index (χ4n) is 1.41. The van der Waals surface area contributed by atoms with Crippen LogP contribution >= 0.6 is 12.2 Å². The highest BCUT2D eigenvalue weighted by atomic mass is 32.1. The molecule has 3 N–H and O–H groups in total. The zero-order valence-electron chi connectivity index (χ0n) is 10.4. The Hall–Kier alpha value is -1.43. The average molecular weight is 254 g/mol. The van der Waals surface area contributed by atoms with E-state index in [9.17, 15) is 4.79 Å². The minimum absolute atomic E-state index is 0.195. The van der Waals surface area contributed by atoms with E-state index >= 15 is 0 Å². The minimum atomic E-state index is -0.317. The van der Waals surface area contributed by atoms with E-state index in [1.165, 1.54) is 0 Å². The number of nitrogens with one attached hydrogen (secondary N) is 1. The number of nitrogens with zero attached hydrogens (tertiary/aromatic N) is 2. The lowest BCUT2D eigenvalue weighted by Crippen LogP contribution is -2.41. The quantitative estimate of drug-likeness (QED) is 0.765. The molecular formula is C11H18N4OS. The van der Waals surface area contributed by atoms with Crippen LogP contribution in [-0.4, -0.2) is 26.7 Å². The maximum Gasteiger partial charge on any atom is 0.270 e. The molecule has 0 bridgehead atoms. The van der Waals surface area contributed by atoms with Gasteiger partial charge in [-0.05, 0) is 26.3 Å². The number of rotatable bonds is 5. The molecule has 0 aliphatic heterocycles. The second-order valence-corrected chi connectivity index (χ2v) is 4.26. The summed E-state index contributed by atoms with van der Waals surface area (Å²) in [5, 5.41) is 7.05. The Morgan fingerprint density at radius 1 is 1.65 bits per heavy atom. The molecule has 0 aliphatic rings. The highest BCUT2D eigenvalue weighted by molar-refractivity contribution is 7.80. The predicted molar refractivity (Wildman–Crippen MR) is 71.0 cm³/mol. The summed E-state index contributed by atoms with van der Waals surface area (Å²) in [5.41, 5.74) is 6.91. The summed E-state index contributed by atoms with van der Waals surface area (Å²) in [6.45, 7) is 6.36. The maximum absolute atomic E-state index is 12.0. The second kappa shape index (κ2) is 5.77. The molecule has 1 rings (SSSR count). The zero-order chi connectivity index (χ0) is 13.0. The molecule has 0 fully saturated rings. The Bertz CT molecular complexity index is 427. The van der Waals surface area contributed by atoms with Crippen LogP contribution in [-0.2, 0) is 13.0 Å². The summed E-state index contributed by atoms with van der Waals surface area (Å²) in [4.78, 5) is 12.3. The molecule has 0 saturated heterocycles. The first-order valence-corrected chi connectivity index (χ1v) is 6.07. The van der Waals surface area contributed by atoms with Crippen LogP contribution in [0.15, 0.2) is 6.07 Å². The fourth-order valence-corrected chi connectivity index (χ4v) is 1.47. The molecule has 6 heteroatoms. The van der Waals surface area contributed by atoms with Gasteiger partial charge >= 0.3 is 0 Å². The molecular weight excluding hydrogens is 236 g/mol. The Labute approximate surface area is 106 Å². The topological polar surface area (TPSA) is 72.9 Å². The average Bonchev–Trinajstić information content (AvgIpc) is 2.71. The largest absolute Gasteiger partial charge is 0.392 e. The van der Waals surface area contributed by atoms with Gasteiger partial charge < -0.3 is 11.1 Å². The van der Waals surface area contributed by atoms with Crippen molar-refractivity contribution in [1.82, 2.24) is 15.1 Å². The van der Waals surface area contributed by atoms with Crippen molar-refractivity contribution in [1.29, 1.82) is 0 Å².